The second-order valence-corrected chi connectivity index (χ2v) is 4.41. The molecule has 1 aromatic heterocycles. The van der Waals surface area contributed by atoms with Crippen molar-refractivity contribution in [3.63, 3.8) is 0 Å². The van der Waals surface area contributed by atoms with Crippen molar-refractivity contribution in [3.05, 3.63) is 18.0 Å². The molecule has 2 atom stereocenters. The van der Waals surface area contributed by atoms with Gasteiger partial charge in [-0.25, -0.2) is 0 Å². The Kier molecular flexibility index (Phi) is 3.96. The first-order valence-electron chi connectivity index (χ1n) is 6.11. The van der Waals surface area contributed by atoms with Crippen molar-refractivity contribution in [2.75, 3.05) is 6.61 Å². The summed E-state index contributed by atoms with van der Waals surface area (Å²) in [4.78, 5) is 0. The van der Waals surface area contributed by atoms with Crippen molar-refractivity contribution >= 4 is 0 Å². The van der Waals surface area contributed by atoms with Gasteiger partial charge < -0.3 is 9.84 Å². The first kappa shape index (κ1) is 11.6. The van der Waals surface area contributed by atoms with Crippen LogP contribution in [-0.2, 0) is 11.3 Å². The monoisotopic (exact) mass is 224 g/mol. The van der Waals surface area contributed by atoms with Crippen molar-refractivity contribution in [2.45, 2.75) is 51.4 Å². The predicted molar refractivity (Wildman–Crippen MR) is 61.1 cm³/mol. The Labute approximate surface area is 96.2 Å². The Morgan fingerprint density at radius 2 is 2.50 bits per heavy atom. The van der Waals surface area contributed by atoms with Crippen molar-refractivity contribution in [3.8, 4) is 0 Å². The van der Waals surface area contributed by atoms with Gasteiger partial charge in [0.1, 0.15) is 0 Å². The molecule has 0 amide bonds. The van der Waals surface area contributed by atoms with E-state index in [4.69, 9.17) is 4.74 Å². The second kappa shape index (κ2) is 5.46. The SMILES string of the molecule is CCC(O)c1cnn(CC2CCCCO2)c1. The van der Waals surface area contributed by atoms with Gasteiger partial charge in [0, 0.05) is 18.4 Å². The Morgan fingerprint density at radius 1 is 1.62 bits per heavy atom. The topological polar surface area (TPSA) is 47.3 Å². The van der Waals surface area contributed by atoms with Crippen LogP contribution >= 0.6 is 0 Å². The first-order chi connectivity index (χ1) is 7.79. The molecule has 1 fully saturated rings. The summed E-state index contributed by atoms with van der Waals surface area (Å²) < 4.78 is 7.53. The molecule has 2 rings (SSSR count). The maximum absolute atomic E-state index is 9.66. The van der Waals surface area contributed by atoms with Crippen LogP contribution in [0.4, 0.5) is 0 Å². The van der Waals surface area contributed by atoms with E-state index in [1.165, 1.54) is 12.8 Å². The van der Waals surface area contributed by atoms with E-state index in [9.17, 15) is 5.11 Å². The van der Waals surface area contributed by atoms with Gasteiger partial charge in [0.15, 0.2) is 0 Å². The third-order valence-corrected chi connectivity index (χ3v) is 3.09. The van der Waals surface area contributed by atoms with Crippen LogP contribution < -0.4 is 0 Å². The smallest absolute Gasteiger partial charge is 0.0817 e. The van der Waals surface area contributed by atoms with Crippen LogP contribution in [0, 0.1) is 0 Å². The number of aliphatic hydroxyl groups is 1. The summed E-state index contributed by atoms with van der Waals surface area (Å²) in [5, 5.41) is 13.9. The van der Waals surface area contributed by atoms with E-state index >= 15 is 0 Å². The molecule has 16 heavy (non-hydrogen) atoms. The summed E-state index contributed by atoms with van der Waals surface area (Å²) in [7, 11) is 0. The zero-order valence-corrected chi connectivity index (χ0v) is 9.80. The quantitative estimate of drug-likeness (QED) is 0.849. The van der Waals surface area contributed by atoms with Gasteiger partial charge in [-0.1, -0.05) is 6.92 Å². The lowest BCUT2D eigenvalue weighted by Gasteiger charge is -2.22. The minimum absolute atomic E-state index is 0.292. The maximum Gasteiger partial charge on any atom is 0.0817 e. The standard InChI is InChI=1S/C12H20N2O2/c1-2-12(15)10-7-13-14(8-10)9-11-5-3-4-6-16-11/h7-8,11-12,15H,2-6,9H2,1H3. The molecule has 1 saturated heterocycles. The van der Waals surface area contributed by atoms with Gasteiger partial charge >= 0.3 is 0 Å². The molecular formula is C12H20N2O2. The van der Waals surface area contributed by atoms with Crippen LogP contribution in [0.1, 0.15) is 44.3 Å². The van der Waals surface area contributed by atoms with E-state index < -0.39 is 0 Å². The Morgan fingerprint density at radius 3 is 3.19 bits per heavy atom. The molecule has 4 heteroatoms. The van der Waals surface area contributed by atoms with Crippen LogP contribution in [-0.4, -0.2) is 27.6 Å². The molecule has 2 unspecified atom stereocenters. The highest BCUT2D eigenvalue weighted by molar-refractivity contribution is 5.07. The van der Waals surface area contributed by atoms with Gasteiger partial charge in [-0.05, 0) is 25.7 Å². The molecular weight excluding hydrogens is 204 g/mol. The lowest BCUT2D eigenvalue weighted by atomic mass is 10.1. The van der Waals surface area contributed by atoms with E-state index in [0.29, 0.717) is 6.10 Å². The molecule has 0 aromatic carbocycles. The number of aromatic nitrogens is 2. The molecule has 4 nitrogen and oxygen atoms in total. The van der Waals surface area contributed by atoms with E-state index in [-0.39, 0.29) is 6.10 Å². The second-order valence-electron chi connectivity index (χ2n) is 4.41. The van der Waals surface area contributed by atoms with Gasteiger partial charge in [-0.15, -0.1) is 0 Å². The van der Waals surface area contributed by atoms with Crippen LogP contribution in [0.15, 0.2) is 12.4 Å². The molecule has 1 aliphatic rings. The van der Waals surface area contributed by atoms with Crippen LogP contribution in [0.5, 0.6) is 0 Å². The molecule has 2 heterocycles. The molecule has 0 spiro atoms. The zero-order valence-electron chi connectivity index (χ0n) is 9.80. The number of hydrogen-bond acceptors (Lipinski definition) is 3. The molecule has 1 N–H and O–H groups in total. The molecule has 0 aliphatic carbocycles. The number of rotatable bonds is 4. The van der Waals surface area contributed by atoms with Crippen LogP contribution in [0.3, 0.4) is 0 Å². The van der Waals surface area contributed by atoms with E-state index in [1.807, 2.05) is 17.8 Å². The molecule has 0 radical (unpaired) electrons. The van der Waals surface area contributed by atoms with Gasteiger partial charge in [0.05, 0.1) is 24.9 Å². The Hall–Kier alpha value is -0.870. The highest BCUT2D eigenvalue weighted by Gasteiger charge is 2.15. The molecule has 0 bridgehead atoms. The van der Waals surface area contributed by atoms with E-state index in [2.05, 4.69) is 5.10 Å². The number of hydrogen-bond donors (Lipinski definition) is 1. The lowest BCUT2D eigenvalue weighted by Crippen LogP contribution is -2.24. The van der Waals surface area contributed by atoms with E-state index in [1.54, 1.807) is 6.20 Å². The first-order valence-corrected chi connectivity index (χ1v) is 6.11. The summed E-state index contributed by atoms with van der Waals surface area (Å²) in [5.41, 5.74) is 0.901. The highest BCUT2D eigenvalue weighted by Crippen LogP contribution is 2.17. The van der Waals surface area contributed by atoms with Gasteiger partial charge in [-0.2, -0.15) is 5.10 Å². The van der Waals surface area contributed by atoms with Crippen molar-refractivity contribution in [1.29, 1.82) is 0 Å². The zero-order chi connectivity index (χ0) is 11.4. The summed E-state index contributed by atoms with van der Waals surface area (Å²) in [6, 6.07) is 0. The molecule has 0 saturated carbocycles. The fourth-order valence-electron chi connectivity index (χ4n) is 2.05. The Balaban J connectivity index is 1.91. The molecule has 1 aliphatic heterocycles. The summed E-state index contributed by atoms with van der Waals surface area (Å²) in [5.74, 6) is 0. The fourth-order valence-corrected chi connectivity index (χ4v) is 2.05. The lowest BCUT2D eigenvalue weighted by molar-refractivity contribution is 0.00394. The number of ether oxygens (including phenoxy) is 1. The minimum atomic E-state index is -0.388. The normalized spacial score (nSPS) is 23.2. The molecule has 1 aromatic rings. The van der Waals surface area contributed by atoms with Gasteiger partial charge in [-0.3, -0.25) is 4.68 Å². The fraction of sp³-hybridized carbons (Fsp3) is 0.750. The largest absolute Gasteiger partial charge is 0.388 e. The van der Waals surface area contributed by atoms with E-state index in [0.717, 1.165) is 31.6 Å². The van der Waals surface area contributed by atoms with Gasteiger partial charge in [0.2, 0.25) is 0 Å². The van der Waals surface area contributed by atoms with Crippen LogP contribution in [0.25, 0.3) is 0 Å². The summed E-state index contributed by atoms with van der Waals surface area (Å²) in [6.45, 7) is 3.64. The number of nitrogens with zero attached hydrogens (tertiary/aromatic N) is 2. The summed E-state index contributed by atoms with van der Waals surface area (Å²) in [6.07, 6.45) is 7.84. The maximum atomic E-state index is 9.66. The van der Waals surface area contributed by atoms with Crippen LogP contribution in [0.2, 0.25) is 0 Å². The summed E-state index contributed by atoms with van der Waals surface area (Å²) >= 11 is 0. The average Bonchev–Trinajstić information content (AvgIpc) is 2.78. The Bertz CT molecular complexity index is 319. The number of aliphatic hydroxyl groups excluding tert-OH is 1. The van der Waals surface area contributed by atoms with Crippen molar-refractivity contribution < 1.29 is 9.84 Å². The average molecular weight is 224 g/mol. The molecule has 90 valence electrons. The van der Waals surface area contributed by atoms with Crippen molar-refractivity contribution in [2.24, 2.45) is 0 Å². The minimum Gasteiger partial charge on any atom is -0.388 e. The third-order valence-electron chi connectivity index (χ3n) is 3.09. The third kappa shape index (κ3) is 2.83. The highest BCUT2D eigenvalue weighted by atomic mass is 16.5. The predicted octanol–water partition coefficient (Wildman–Crippen LogP) is 1.90. The van der Waals surface area contributed by atoms with Crippen molar-refractivity contribution in [1.82, 2.24) is 9.78 Å². The van der Waals surface area contributed by atoms with Gasteiger partial charge in [0.25, 0.3) is 0 Å².